The van der Waals surface area contributed by atoms with Gasteiger partial charge in [0, 0.05) is 21.9 Å². The van der Waals surface area contributed by atoms with Crippen molar-refractivity contribution in [1.82, 2.24) is 9.55 Å². The lowest BCUT2D eigenvalue weighted by atomic mass is 9.92. The normalized spacial score (nSPS) is 11.7. The molecule has 3 nitrogen and oxygen atoms in total. The van der Waals surface area contributed by atoms with Crippen molar-refractivity contribution in [2.75, 3.05) is 0 Å². The van der Waals surface area contributed by atoms with Crippen LogP contribution >= 0.6 is 0 Å². The van der Waals surface area contributed by atoms with Gasteiger partial charge in [-0.15, -0.1) is 0 Å². The predicted molar refractivity (Wildman–Crippen MR) is 225 cm³/mol. The summed E-state index contributed by atoms with van der Waals surface area (Å²) < 4.78 is 8.52. The standard InChI is InChI=1S/C51H32N2O/c1-3-13-35(14-4-1)48-49-43-29-27-39-32-38(33-22-24-37(25-23-33)51-52-44-19-9-10-21-47(44)54-51)26-28-40(39)42(43)30-31-46(49)53(50(48)36-15-5-2-6-16-36)45-20-11-17-34-12-7-8-18-41(34)45/h1-32H. The highest BCUT2D eigenvalue weighted by Crippen LogP contribution is 2.47. The molecule has 0 spiro atoms. The minimum absolute atomic E-state index is 0.638. The Hall–Kier alpha value is -7.23. The number of benzene rings is 9. The lowest BCUT2D eigenvalue weighted by molar-refractivity contribution is 0.620. The maximum Gasteiger partial charge on any atom is 0.227 e. The number of para-hydroxylation sites is 2. The van der Waals surface area contributed by atoms with Crippen molar-refractivity contribution in [2.45, 2.75) is 0 Å². The van der Waals surface area contributed by atoms with Crippen molar-refractivity contribution in [2.24, 2.45) is 0 Å². The van der Waals surface area contributed by atoms with Gasteiger partial charge in [0.15, 0.2) is 5.58 Å². The minimum atomic E-state index is 0.638. The number of fused-ring (bicyclic) bond motifs is 7. The van der Waals surface area contributed by atoms with Crippen LogP contribution in [-0.2, 0) is 0 Å². The van der Waals surface area contributed by atoms with Crippen LogP contribution in [0.15, 0.2) is 199 Å². The van der Waals surface area contributed by atoms with Gasteiger partial charge in [-0.05, 0) is 91.6 Å². The first-order valence-electron chi connectivity index (χ1n) is 18.4. The molecule has 0 fully saturated rings. The second-order valence-electron chi connectivity index (χ2n) is 13.9. The van der Waals surface area contributed by atoms with Crippen molar-refractivity contribution < 1.29 is 4.42 Å². The Bertz CT molecular complexity index is 3150. The Morgan fingerprint density at radius 2 is 1.07 bits per heavy atom. The van der Waals surface area contributed by atoms with Gasteiger partial charge in [-0.2, -0.15) is 0 Å². The molecule has 2 heterocycles. The summed E-state index contributed by atoms with van der Waals surface area (Å²) in [5.41, 5.74) is 12.1. The summed E-state index contributed by atoms with van der Waals surface area (Å²) in [4.78, 5) is 4.69. The number of hydrogen-bond donors (Lipinski definition) is 0. The van der Waals surface area contributed by atoms with Crippen LogP contribution < -0.4 is 0 Å². The molecule has 54 heavy (non-hydrogen) atoms. The fourth-order valence-electron chi connectivity index (χ4n) is 8.32. The highest BCUT2D eigenvalue weighted by atomic mass is 16.3. The highest BCUT2D eigenvalue weighted by Gasteiger charge is 2.24. The Morgan fingerprint density at radius 3 is 1.91 bits per heavy atom. The topological polar surface area (TPSA) is 31.0 Å². The minimum Gasteiger partial charge on any atom is -0.436 e. The van der Waals surface area contributed by atoms with Gasteiger partial charge in [-0.25, -0.2) is 4.98 Å². The van der Waals surface area contributed by atoms with Gasteiger partial charge >= 0.3 is 0 Å². The van der Waals surface area contributed by atoms with Crippen LogP contribution in [0.3, 0.4) is 0 Å². The van der Waals surface area contributed by atoms with E-state index in [2.05, 4.69) is 179 Å². The molecule has 0 unspecified atom stereocenters. The molecule has 0 aliphatic heterocycles. The van der Waals surface area contributed by atoms with Gasteiger partial charge in [-0.1, -0.05) is 152 Å². The number of nitrogens with zero attached hydrogens (tertiary/aromatic N) is 2. The second-order valence-corrected chi connectivity index (χ2v) is 13.9. The van der Waals surface area contributed by atoms with Gasteiger partial charge in [-0.3, -0.25) is 0 Å². The Balaban J connectivity index is 1.12. The monoisotopic (exact) mass is 688 g/mol. The van der Waals surface area contributed by atoms with Crippen molar-refractivity contribution in [3.63, 3.8) is 0 Å². The molecule has 2 aromatic heterocycles. The molecular weight excluding hydrogens is 657 g/mol. The van der Waals surface area contributed by atoms with E-state index in [0.717, 1.165) is 22.2 Å². The SMILES string of the molecule is c1ccc(-c2c(-c3ccccc3)n(-c3cccc4ccccc34)c3ccc4c5ccc(-c6ccc(-c7nc8ccccc8o7)cc6)cc5ccc4c23)cc1. The molecule has 0 saturated carbocycles. The molecule has 0 radical (unpaired) electrons. The smallest absolute Gasteiger partial charge is 0.227 e. The van der Waals surface area contributed by atoms with Crippen LogP contribution in [-0.4, -0.2) is 9.55 Å². The fraction of sp³-hybridized carbons (Fsp3) is 0. The number of hydrogen-bond acceptors (Lipinski definition) is 2. The summed E-state index contributed by atoms with van der Waals surface area (Å²) >= 11 is 0. The van der Waals surface area contributed by atoms with Gasteiger partial charge in [0.2, 0.25) is 5.89 Å². The molecular formula is C51H32N2O. The maximum atomic E-state index is 6.03. The molecule has 11 rings (SSSR count). The lowest BCUT2D eigenvalue weighted by Crippen LogP contribution is -1.98. The summed E-state index contributed by atoms with van der Waals surface area (Å²) in [6.07, 6.45) is 0. The van der Waals surface area contributed by atoms with E-state index in [1.807, 2.05) is 24.3 Å². The zero-order valence-electron chi connectivity index (χ0n) is 29.3. The Kier molecular flexibility index (Phi) is 6.86. The molecule has 0 aliphatic rings. The molecule has 3 heteroatoms. The third-order valence-corrected chi connectivity index (χ3v) is 10.8. The zero-order valence-corrected chi connectivity index (χ0v) is 29.3. The number of oxazole rings is 1. The average molecular weight is 689 g/mol. The Morgan fingerprint density at radius 1 is 0.407 bits per heavy atom. The van der Waals surface area contributed by atoms with E-state index >= 15 is 0 Å². The first-order valence-corrected chi connectivity index (χ1v) is 18.4. The number of rotatable bonds is 5. The third-order valence-electron chi connectivity index (χ3n) is 10.8. The summed E-state index contributed by atoms with van der Waals surface area (Å²) in [6, 6.07) is 69.6. The highest BCUT2D eigenvalue weighted by molar-refractivity contribution is 6.23. The van der Waals surface area contributed by atoms with Gasteiger partial charge in [0.1, 0.15) is 5.52 Å². The number of aromatic nitrogens is 2. The molecule has 252 valence electrons. The van der Waals surface area contributed by atoms with Crippen molar-refractivity contribution in [3.8, 4) is 50.7 Å². The van der Waals surface area contributed by atoms with E-state index in [-0.39, 0.29) is 0 Å². The van der Waals surface area contributed by atoms with Crippen LogP contribution in [0.1, 0.15) is 0 Å². The first kappa shape index (κ1) is 30.4. The van der Waals surface area contributed by atoms with Crippen LogP contribution in [0.2, 0.25) is 0 Å². The van der Waals surface area contributed by atoms with E-state index in [0.29, 0.717) is 5.89 Å². The molecule has 0 amide bonds. The summed E-state index contributed by atoms with van der Waals surface area (Å²) in [5.74, 6) is 0.638. The van der Waals surface area contributed by atoms with Gasteiger partial charge in [0.05, 0.1) is 16.9 Å². The first-order chi connectivity index (χ1) is 26.8. The van der Waals surface area contributed by atoms with E-state index in [1.54, 1.807) is 0 Å². The van der Waals surface area contributed by atoms with Crippen LogP contribution in [0.4, 0.5) is 0 Å². The van der Waals surface area contributed by atoms with Crippen LogP contribution in [0, 0.1) is 0 Å². The van der Waals surface area contributed by atoms with Crippen molar-refractivity contribution in [1.29, 1.82) is 0 Å². The van der Waals surface area contributed by atoms with E-state index < -0.39 is 0 Å². The second kappa shape index (κ2) is 12.2. The van der Waals surface area contributed by atoms with E-state index in [4.69, 9.17) is 4.42 Å². The largest absolute Gasteiger partial charge is 0.436 e. The van der Waals surface area contributed by atoms with E-state index in [9.17, 15) is 0 Å². The van der Waals surface area contributed by atoms with Crippen molar-refractivity contribution >= 4 is 54.3 Å². The predicted octanol–water partition coefficient (Wildman–Crippen LogP) is 13.9. The third kappa shape index (κ3) is 4.79. The Labute approximate surface area is 312 Å². The molecule has 0 saturated heterocycles. The van der Waals surface area contributed by atoms with Gasteiger partial charge < -0.3 is 8.98 Å². The summed E-state index contributed by atoms with van der Waals surface area (Å²) in [7, 11) is 0. The summed E-state index contributed by atoms with van der Waals surface area (Å²) in [5, 5.41) is 8.63. The van der Waals surface area contributed by atoms with Crippen LogP contribution in [0.25, 0.3) is 105 Å². The molecule has 0 atom stereocenters. The fourth-order valence-corrected chi connectivity index (χ4v) is 8.32. The lowest BCUT2D eigenvalue weighted by Gasteiger charge is -2.15. The van der Waals surface area contributed by atoms with Crippen LogP contribution in [0.5, 0.6) is 0 Å². The quantitative estimate of drug-likeness (QED) is 0.169. The maximum absolute atomic E-state index is 6.03. The molecule has 11 aromatic rings. The average Bonchev–Trinajstić information content (AvgIpc) is 3.84. The van der Waals surface area contributed by atoms with Gasteiger partial charge in [0.25, 0.3) is 0 Å². The van der Waals surface area contributed by atoms with Crippen molar-refractivity contribution in [3.05, 3.63) is 194 Å². The summed E-state index contributed by atoms with van der Waals surface area (Å²) in [6.45, 7) is 0. The molecule has 0 aliphatic carbocycles. The van der Waals surface area contributed by atoms with E-state index in [1.165, 1.54) is 76.9 Å². The molecule has 0 bridgehead atoms. The molecule has 0 N–H and O–H groups in total. The molecule has 9 aromatic carbocycles. The zero-order chi connectivity index (χ0) is 35.6.